The van der Waals surface area contributed by atoms with Crippen LogP contribution in [0.15, 0.2) is 94.9 Å². The predicted octanol–water partition coefficient (Wildman–Crippen LogP) is 3.80. The van der Waals surface area contributed by atoms with Crippen molar-refractivity contribution in [3.05, 3.63) is 101 Å². The van der Waals surface area contributed by atoms with Crippen LogP contribution in [0.3, 0.4) is 0 Å². The van der Waals surface area contributed by atoms with Crippen molar-refractivity contribution in [1.29, 1.82) is 0 Å². The van der Waals surface area contributed by atoms with Crippen LogP contribution in [0.5, 0.6) is 0 Å². The van der Waals surface area contributed by atoms with Crippen molar-refractivity contribution in [1.82, 2.24) is 4.72 Å². The van der Waals surface area contributed by atoms with Gasteiger partial charge < -0.3 is 0 Å². The van der Waals surface area contributed by atoms with Gasteiger partial charge in [-0.25, -0.2) is 13.1 Å². The number of nitrogens with zero attached hydrogens (tertiary/aromatic N) is 3. The first kappa shape index (κ1) is 22.1. The van der Waals surface area contributed by atoms with Crippen molar-refractivity contribution >= 4 is 27.6 Å². The summed E-state index contributed by atoms with van der Waals surface area (Å²) in [6.45, 7) is 1.94. The Morgan fingerprint density at radius 2 is 1.58 bits per heavy atom. The average molecular weight is 439 g/mol. The van der Waals surface area contributed by atoms with Crippen LogP contribution in [0.1, 0.15) is 12.5 Å². The smallest absolute Gasteiger partial charge is 0.261 e. The lowest BCUT2D eigenvalue weighted by Gasteiger charge is -2.26. The minimum absolute atomic E-state index is 0.0376. The molecule has 0 bridgehead atoms. The number of nitro benzene ring substituents is 1. The van der Waals surface area contributed by atoms with Crippen molar-refractivity contribution in [3.8, 4) is 0 Å². The normalized spacial score (nSPS) is 12.5. The summed E-state index contributed by atoms with van der Waals surface area (Å²) in [5, 5.41) is 17.1. The number of sulfonamides is 1. The molecule has 0 spiro atoms. The lowest BCUT2D eigenvalue weighted by atomic mass is 10.2. The second-order valence-corrected chi connectivity index (χ2v) is 8.55. The third kappa shape index (κ3) is 5.97. The number of benzene rings is 3. The Morgan fingerprint density at radius 1 is 1.00 bits per heavy atom. The first-order valence-electron chi connectivity index (χ1n) is 9.54. The Kier molecular flexibility index (Phi) is 7.11. The van der Waals surface area contributed by atoms with Gasteiger partial charge in [0.05, 0.1) is 27.8 Å². The highest BCUT2D eigenvalue weighted by atomic mass is 32.2. The van der Waals surface area contributed by atoms with Gasteiger partial charge in [-0.2, -0.15) is 5.10 Å². The molecular weight excluding hydrogens is 416 g/mol. The summed E-state index contributed by atoms with van der Waals surface area (Å²) in [6, 6.07) is 23.5. The molecule has 3 aromatic carbocycles. The van der Waals surface area contributed by atoms with Crippen molar-refractivity contribution in [2.75, 3.05) is 11.6 Å². The van der Waals surface area contributed by atoms with Crippen LogP contribution in [0.2, 0.25) is 0 Å². The summed E-state index contributed by atoms with van der Waals surface area (Å²) in [5.41, 5.74) is 1.57. The maximum Gasteiger partial charge on any atom is 0.269 e. The van der Waals surface area contributed by atoms with Gasteiger partial charge in [-0.15, -0.1) is 0 Å². The molecule has 31 heavy (non-hydrogen) atoms. The summed E-state index contributed by atoms with van der Waals surface area (Å²) in [5.74, 6) is 0. The van der Waals surface area contributed by atoms with E-state index in [2.05, 4.69) is 9.82 Å². The van der Waals surface area contributed by atoms with Crippen LogP contribution in [-0.2, 0) is 10.0 Å². The molecule has 0 aromatic heterocycles. The number of para-hydroxylation sites is 1. The number of hydrogen-bond donors (Lipinski definition) is 1. The van der Waals surface area contributed by atoms with Crippen molar-refractivity contribution < 1.29 is 13.3 Å². The van der Waals surface area contributed by atoms with Crippen molar-refractivity contribution in [3.63, 3.8) is 0 Å². The summed E-state index contributed by atoms with van der Waals surface area (Å²) in [7, 11) is -3.83. The summed E-state index contributed by atoms with van der Waals surface area (Å²) in [4.78, 5) is 10.2. The standard InChI is InChI=1S/C22H22N4O4S/c1-18(16-24-31(29,30)22-14-12-21(13-15-22)26(27)28)25(20-10-6-3-7-11-20)23-17-19-8-4-2-5-9-19/h2-15,17-18,24H,16H2,1H3/b23-17+. The number of rotatable bonds is 9. The van der Waals surface area contributed by atoms with E-state index < -0.39 is 14.9 Å². The van der Waals surface area contributed by atoms with Gasteiger partial charge in [-0.3, -0.25) is 15.1 Å². The number of hydrogen-bond acceptors (Lipinski definition) is 6. The first-order valence-corrected chi connectivity index (χ1v) is 11.0. The molecule has 0 aliphatic heterocycles. The molecule has 8 nitrogen and oxygen atoms in total. The summed E-state index contributed by atoms with van der Waals surface area (Å²) >= 11 is 0. The Morgan fingerprint density at radius 3 is 2.16 bits per heavy atom. The molecule has 1 N–H and O–H groups in total. The molecule has 0 saturated heterocycles. The highest BCUT2D eigenvalue weighted by molar-refractivity contribution is 7.89. The zero-order valence-corrected chi connectivity index (χ0v) is 17.6. The molecule has 0 fully saturated rings. The van der Waals surface area contributed by atoms with Crippen molar-refractivity contribution in [2.24, 2.45) is 5.10 Å². The molecule has 1 unspecified atom stereocenters. The van der Waals surface area contributed by atoms with Crippen LogP contribution < -0.4 is 9.73 Å². The van der Waals surface area contributed by atoms with Crippen molar-refractivity contribution in [2.45, 2.75) is 17.9 Å². The highest BCUT2D eigenvalue weighted by Gasteiger charge is 2.20. The number of hydrazone groups is 1. The molecule has 0 radical (unpaired) electrons. The Balaban J connectivity index is 1.76. The quantitative estimate of drug-likeness (QED) is 0.311. The first-order chi connectivity index (χ1) is 14.9. The molecule has 3 aromatic rings. The fraction of sp³-hybridized carbons (Fsp3) is 0.136. The average Bonchev–Trinajstić information content (AvgIpc) is 2.79. The van der Waals surface area contributed by atoms with E-state index in [1.54, 1.807) is 11.2 Å². The minimum Gasteiger partial charge on any atom is -0.261 e. The second kappa shape index (κ2) is 9.96. The Labute approximate surface area is 181 Å². The van der Waals surface area contributed by atoms with E-state index in [1.807, 2.05) is 67.6 Å². The van der Waals surface area contributed by atoms with Gasteiger partial charge in [-0.05, 0) is 36.8 Å². The van der Waals surface area contributed by atoms with E-state index in [-0.39, 0.29) is 23.2 Å². The van der Waals surface area contributed by atoms with Crippen LogP contribution in [0, 0.1) is 10.1 Å². The third-order valence-electron chi connectivity index (χ3n) is 4.50. The van der Waals surface area contributed by atoms with Gasteiger partial charge in [0.1, 0.15) is 0 Å². The SMILES string of the molecule is CC(CNS(=O)(=O)c1ccc([N+](=O)[O-])cc1)N(/N=C/c1ccccc1)c1ccccc1. The maximum atomic E-state index is 12.6. The van der Waals surface area contributed by atoms with Gasteiger partial charge in [0, 0.05) is 18.7 Å². The van der Waals surface area contributed by atoms with Gasteiger partial charge in [0.25, 0.3) is 5.69 Å². The van der Waals surface area contributed by atoms with Gasteiger partial charge >= 0.3 is 0 Å². The van der Waals surface area contributed by atoms with Crippen LogP contribution in [0.4, 0.5) is 11.4 Å². The maximum absolute atomic E-state index is 12.6. The zero-order valence-electron chi connectivity index (χ0n) is 16.8. The summed E-state index contributed by atoms with van der Waals surface area (Å²) in [6.07, 6.45) is 1.72. The van der Waals surface area contributed by atoms with E-state index in [9.17, 15) is 18.5 Å². The van der Waals surface area contributed by atoms with E-state index in [1.165, 1.54) is 24.3 Å². The third-order valence-corrected chi connectivity index (χ3v) is 5.94. The fourth-order valence-electron chi connectivity index (χ4n) is 2.83. The van der Waals surface area contributed by atoms with E-state index in [4.69, 9.17) is 0 Å². The van der Waals surface area contributed by atoms with E-state index in [0.717, 1.165) is 11.3 Å². The second-order valence-electron chi connectivity index (χ2n) is 6.79. The fourth-order valence-corrected chi connectivity index (χ4v) is 3.95. The molecule has 0 aliphatic rings. The molecular formula is C22H22N4O4S. The van der Waals surface area contributed by atoms with E-state index in [0.29, 0.717) is 0 Å². The van der Waals surface area contributed by atoms with Gasteiger partial charge in [0.2, 0.25) is 10.0 Å². The summed E-state index contributed by atoms with van der Waals surface area (Å²) < 4.78 is 27.8. The molecule has 0 heterocycles. The van der Waals surface area contributed by atoms with E-state index >= 15 is 0 Å². The molecule has 160 valence electrons. The molecule has 0 saturated carbocycles. The number of anilines is 1. The minimum atomic E-state index is -3.83. The monoisotopic (exact) mass is 438 g/mol. The predicted molar refractivity (Wildman–Crippen MR) is 121 cm³/mol. The lowest BCUT2D eigenvalue weighted by molar-refractivity contribution is -0.384. The molecule has 3 rings (SSSR count). The Bertz CT molecular complexity index is 1140. The van der Waals surface area contributed by atoms with Crippen LogP contribution in [0.25, 0.3) is 0 Å². The number of nitro groups is 1. The largest absolute Gasteiger partial charge is 0.269 e. The van der Waals surface area contributed by atoms with Gasteiger partial charge in [0.15, 0.2) is 0 Å². The number of non-ortho nitro benzene ring substituents is 1. The van der Waals surface area contributed by atoms with Gasteiger partial charge in [-0.1, -0.05) is 48.5 Å². The highest BCUT2D eigenvalue weighted by Crippen LogP contribution is 2.19. The molecule has 0 aliphatic carbocycles. The zero-order chi connectivity index (χ0) is 22.3. The van der Waals surface area contributed by atoms with Crippen LogP contribution in [-0.4, -0.2) is 32.1 Å². The molecule has 0 amide bonds. The topological polar surface area (TPSA) is 105 Å². The Hall–Kier alpha value is -3.56. The molecule has 1 atom stereocenters. The van der Waals surface area contributed by atoms with Crippen LogP contribution >= 0.6 is 0 Å². The number of nitrogens with one attached hydrogen (secondary N) is 1. The molecule has 9 heteroatoms. The lowest BCUT2D eigenvalue weighted by Crippen LogP contribution is -2.39.